The third-order valence-corrected chi connectivity index (χ3v) is 2.30. The minimum atomic E-state index is -1.44. The third-order valence-electron chi connectivity index (χ3n) is 2.30. The molecule has 6 heteroatoms. The lowest BCUT2D eigenvalue weighted by Gasteiger charge is -2.16. The van der Waals surface area contributed by atoms with Crippen LogP contribution in [0, 0.1) is 0 Å². The Hall–Kier alpha value is -2.24. The van der Waals surface area contributed by atoms with Crippen molar-refractivity contribution in [3.63, 3.8) is 0 Å². The minimum Gasteiger partial charge on any atom is -0.497 e. The van der Waals surface area contributed by atoms with Crippen LogP contribution in [0.4, 0.5) is 0 Å². The molecule has 0 unspecified atom stereocenters. The molecule has 0 saturated carbocycles. The van der Waals surface area contributed by atoms with Gasteiger partial charge in [0, 0.05) is 6.07 Å². The van der Waals surface area contributed by atoms with Crippen LogP contribution in [-0.2, 0) is 19.1 Å². The average molecular weight is 282 g/mol. The normalized spacial score (nSPS) is 10.0. The fourth-order valence-corrected chi connectivity index (χ4v) is 1.44. The van der Waals surface area contributed by atoms with Crippen molar-refractivity contribution in [2.45, 2.75) is 20.0 Å². The smallest absolute Gasteiger partial charge is 0.359 e. The number of hydrogen-bond donors (Lipinski definition) is 0. The van der Waals surface area contributed by atoms with Crippen LogP contribution in [0.3, 0.4) is 0 Å². The molecule has 0 heterocycles. The number of carbonyl (C=O) groups excluding carboxylic acids is 2. The molecule has 1 rings (SSSR count). The molecule has 1 aromatic carbocycles. The Balaban J connectivity index is 2.87. The first-order valence-electron chi connectivity index (χ1n) is 6.26. The van der Waals surface area contributed by atoms with E-state index in [1.165, 1.54) is 7.11 Å². The Bertz CT molecular complexity index is 439. The highest BCUT2D eigenvalue weighted by molar-refractivity contribution is 5.98. The second-order valence-electron chi connectivity index (χ2n) is 3.68. The minimum absolute atomic E-state index is 0.149. The molecule has 110 valence electrons. The molecule has 0 aliphatic heterocycles. The van der Waals surface area contributed by atoms with Gasteiger partial charge in [0.25, 0.3) is 6.10 Å². The van der Waals surface area contributed by atoms with E-state index in [0.29, 0.717) is 11.5 Å². The Morgan fingerprint density at radius 1 is 1.05 bits per heavy atom. The standard InChI is InChI=1S/C14H18O6/c1-4-18-13(15)12(14(16)19-5-2)20-11-8-6-7-10(9-11)17-3/h6-9,12H,4-5H2,1-3H3. The summed E-state index contributed by atoms with van der Waals surface area (Å²) in [6.45, 7) is 3.59. The Kier molecular flexibility index (Phi) is 6.36. The van der Waals surface area contributed by atoms with Crippen LogP contribution in [0.1, 0.15) is 13.8 Å². The Labute approximate surface area is 117 Å². The summed E-state index contributed by atoms with van der Waals surface area (Å²) in [6.07, 6.45) is -1.44. The molecule has 0 aliphatic carbocycles. The van der Waals surface area contributed by atoms with E-state index in [1.54, 1.807) is 38.1 Å². The van der Waals surface area contributed by atoms with Gasteiger partial charge < -0.3 is 18.9 Å². The quantitative estimate of drug-likeness (QED) is 0.558. The Morgan fingerprint density at radius 2 is 1.60 bits per heavy atom. The molecular weight excluding hydrogens is 264 g/mol. The number of esters is 2. The summed E-state index contributed by atoms with van der Waals surface area (Å²) in [7, 11) is 1.51. The van der Waals surface area contributed by atoms with Gasteiger partial charge in [0.1, 0.15) is 11.5 Å². The number of benzene rings is 1. The van der Waals surface area contributed by atoms with E-state index in [2.05, 4.69) is 0 Å². The summed E-state index contributed by atoms with van der Waals surface area (Å²) in [5.41, 5.74) is 0. The molecule has 0 bridgehead atoms. The largest absolute Gasteiger partial charge is 0.497 e. The van der Waals surface area contributed by atoms with Crippen molar-refractivity contribution in [2.75, 3.05) is 20.3 Å². The van der Waals surface area contributed by atoms with Crippen LogP contribution in [0.5, 0.6) is 11.5 Å². The number of hydrogen-bond acceptors (Lipinski definition) is 6. The van der Waals surface area contributed by atoms with Crippen molar-refractivity contribution >= 4 is 11.9 Å². The van der Waals surface area contributed by atoms with Crippen molar-refractivity contribution in [1.29, 1.82) is 0 Å². The lowest BCUT2D eigenvalue weighted by Crippen LogP contribution is -2.38. The number of ether oxygens (including phenoxy) is 4. The summed E-state index contributed by atoms with van der Waals surface area (Å²) in [5, 5.41) is 0. The van der Waals surface area contributed by atoms with Crippen molar-refractivity contribution in [2.24, 2.45) is 0 Å². The highest BCUT2D eigenvalue weighted by Crippen LogP contribution is 2.20. The lowest BCUT2D eigenvalue weighted by atomic mass is 10.3. The number of rotatable bonds is 7. The monoisotopic (exact) mass is 282 g/mol. The molecular formula is C14H18O6. The zero-order valence-electron chi connectivity index (χ0n) is 11.8. The van der Waals surface area contributed by atoms with Gasteiger partial charge in [-0.1, -0.05) is 6.07 Å². The second-order valence-corrected chi connectivity index (χ2v) is 3.68. The summed E-state index contributed by atoms with van der Waals surface area (Å²) in [5.74, 6) is -0.702. The van der Waals surface area contributed by atoms with Crippen molar-refractivity contribution in [3.05, 3.63) is 24.3 Å². The Morgan fingerprint density at radius 3 is 2.10 bits per heavy atom. The van der Waals surface area contributed by atoms with Gasteiger partial charge in [-0.2, -0.15) is 0 Å². The molecule has 0 spiro atoms. The van der Waals surface area contributed by atoms with Crippen molar-refractivity contribution in [3.8, 4) is 11.5 Å². The van der Waals surface area contributed by atoms with Crippen LogP contribution in [0.2, 0.25) is 0 Å². The van der Waals surface area contributed by atoms with E-state index in [9.17, 15) is 9.59 Å². The van der Waals surface area contributed by atoms with Crippen LogP contribution in [-0.4, -0.2) is 38.4 Å². The van der Waals surface area contributed by atoms with Gasteiger partial charge in [-0.05, 0) is 26.0 Å². The highest BCUT2D eigenvalue weighted by Gasteiger charge is 2.31. The molecule has 1 aromatic rings. The van der Waals surface area contributed by atoms with E-state index >= 15 is 0 Å². The summed E-state index contributed by atoms with van der Waals surface area (Å²) in [4.78, 5) is 23.5. The zero-order valence-corrected chi connectivity index (χ0v) is 11.8. The van der Waals surface area contributed by atoms with E-state index in [4.69, 9.17) is 18.9 Å². The fraction of sp³-hybridized carbons (Fsp3) is 0.429. The van der Waals surface area contributed by atoms with E-state index in [-0.39, 0.29) is 13.2 Å². The van der Waals surface area contributed by atoms with Gasteiger partial charge in [-0.3, -0.25) is 0 Å². The first kappa shape index (κ1) is 15.8. The number of carbonyl (C=O) groups is 2. The molecule has 0 aromatic heterocycles. The second kappa shape index (κ2) is 8.04. The van der Waals surface area contributed by atoms with Crippen LogP contribution in [0.15, 0.2) is 24.3 Å². The topological polar surface area (TPSA) is 71.1 Å². The summed E-state index contributed by atoms with van der Waals surface area (Å²) < 4.78 is 20.0. The van der Waals surface area contributed by atoms with Gasteiger partial charge in [0.05, 0.1) is 20.3 Å². The molecule has 0 radical (unpaired) electrons. The summed E-state index contributed by atoms with van der Waals surface area (Å²) in [6, 6.07) is 6.57. The molecule has 0 atom stereocenters. The van der Waals surface area contributed by atoms with Gasteiger partial charge in [0.2, 0.25) is 0 Å². The first-order valence-corrected chi connectivity index (χ1v) is 6.26. The van der Waals surface area contributed by atoms with Crippen molar-refractivity contribution in [1.82, 2.24) is 0 Å². The lowest BCUT2D eigenvalue weighted by molar-refractivity contribution is -0.166. The van der Waals surface area contributed by atoms with Gasteiger partial charge in [-0.25, -0.2) is 9.59 Å². The van der Waals surface area contributed by atoms with Gasteiger partial charge in [0.15, 0.2) is 0 Å². The van der Waals surface area contributed by atoms with E-state index < -0.39 is 18.0 Å². The maximum atomic E-state index is 11.7. The van der Waals surface area contributed by atoms with E-state index in [0.717, 1.165) is 0 Å². The molecule has 0 aliphatic rings. The van der Waals surface area contributed by atoms with Crippen LogP contribution >= 0.6 is 0 Å². The molecule has 0 N–H and O–H groups in total. The average Bonchev–Trinajstić information content (AvgIpc) is 2.45. The predicted octanol–water partition coefficient (Wildman–Crippen LogP) is 1.57. The fourth-order valence-electron chi connectivity index (χ4n) is 1.44. The van der Waals surface area contributed by atoms with Crippen LogP contribution < -0.4 is 9.47 Å². The molecule has 0 fully saturated rings. The van der Waals surface area contributed by atoms with Crippen LogP contribution in [0.25, 0.3) is 0 Å². The number of methoxy groups -OCH3 is 1. The van der Waals surface area contributed by atoms with Gasteiger partial charge in [-0.15, -0.1) is 0 Å². The molecule has 20 heavy (non-hydrogen) atoms. The predicted molar refractivity (Wildman–Crippen MR) is 70.7 cm³/mol. The highest BCUT2D eigenvalue weighted by atomic mass is 16.6. The van der Waals surface area contributed by atoms with E-state index in [1.807, 2.05) is 0 Å². The molecule has 0 saturated heterocycles. The zero-order chi connectivity index (χ0) is 15.0. The maximum absolute atomic E-state index is 11.7. The maximum Gasteiger partial charge on any atom is 0.359 e. The third kappa shape index (κ3) is 4.46. The summed E-state index contributed by atoms with van der Waals surface area (Å²) >= 11 is 0. The first-order chi connectivity index (χ1) is 9.62. The van der Waals surface area contributed by atoms with Crippen molar-refractivity contribution < 1.29 is 28.5 Å². The SMILES string of the molecule is CCOC(=O)C(Oc1cccc(OC)c1)C(=O)OCC. The molecule has 0 amide bonds. The molecule has 6 nitrogen and oxygen atoms in total. The van der Waals surface area contributed by atoms with Gasteiger partial charge >= 0.3 is 11.9 Å².